The van der Waals surface area contributed by atoms with Crippen LogP contribution in [0, 0.1) is 5.82 Å². The van der Waals surface area contributed by atoms with E-state index in [-0.39, 0.29) is 30.2 Å². The maximum atomic E-state index is 13.3. The van der Waals surface area contributed by atoms with Gasteiger partial charge in [-0.1, -0.05) is 23.4 Å². The Balaban J connectivity index is 1.77. The third-order valence-corrected chi connectivity index (χ3v) is 4.80. The molecule has 0 aliphatic rings. The van der Waals surface area contributed by atoms with Gasteiger partial charge in [0.25, 0.3) is 11.8 Å². The molecular formula is C24H23F4N5O3. The molecule has 0 radical (unpaired) electrons. The number of nitrogens with zero attached hydrogens (tertiary/aromatic N) is 3. The fourth-order valence-corrected chi connectivity index (χ4v) is 3.06. The van der Waals surface area contributed by atoms with Crippen molar-refractivity contribution >= 4 is 11.8 Å². The van der Waals surface area contributed by atoms with Crippen LogP contribution in [0.15, 0.2) is 61.3 Å². The summed E-state index contributed by atoms with van der Waals surface area (Å²) in [6, 6.07) is 9.79. The van der Waals surface area contributed by atoms with Crippen LogP contribution in [-0.4, -0.2) is 46.1 Å². The number of benzene rings is 2. The Morgan fingerprint density at radius 3 is 2.64 bits per heavy atom. The number of halogens is 4. The number of carbonyl (C=O) groups excluding carboxylic acids is 2. The van der Waals surface area contributed by atoms with Crippen LogP contribution in [0.4, 0.5) is 17.6 Å². The molecule has 1 aromatic heterocycles. The predicted octanol–water partition coefficient (Wildman–Crippen LogP) is 3.97. The van der Waals surface area contributed by atoms with Crippen LogP contribution < -0.4 is 15.4 Å². The van der Waals surface area contributed by atoms with Crippen LogP contribution in [0.1, 0.15) is 39.3 Å². The van der Waals surface area contributed by atoms with Gasteiger partial charge >= 0.3 is 6.18 Å². The molecule has 0 saturated heterocycles. The Bertz CT molecular complexity index is 1230. The van der Waals surface area contributed by atoms with E-state index in [2.05, 4.69) is 22.2 Å². The average Bonchev–Trinajstić information content (AvgIpc) is 3.33. The van der Waals surface area contributed by atoms with Crippen molar-refractivity contribution in [1.29, 1.82) is 0 Å². The Morgan fingerprint density at radius 2 is 1.92 bits per heavy atom. The van der Waals surface area contributed by atoms with Gasteiger partial charge in [-0.15, -0.1) is 11.7 Å². The van der Waals surface area contributed by atoms with E-state index in [0.29, 0.717) is 24.1 Å². The highest BCUT2D eigenvalue weighted by atomic mass is 19.4. The summed E-state index contributed by atoms with van der Waals surface area (Å²) in [6.45, 7) is 2.47. The van der Waals surface area contributed by atoms with E-state index in [0.717, 1.165) is 0 Å². The molecule has 0 aliphatic heterocycles. The van der Waals surface area contributed by atoms with Crippen molar-refractivity contribution in [3.8, 4) is 11.4 Å². The zero-order valence-corrected chi connectivity index (χ0v) is 19.0. The summed E-state index contributed by atoms with van der Waals surface area (Å²) in [6.07, 6.45) is -0.238. The highest BCUT2D eigenvalue weighted by molar-refractivity contribution is 5.95. The summed E-state index contributed by atoms with van der Waals surface area (Å²) in [5.41, 5.74) is 0.800. The Kier molecular flexibility index (Phi) is 8.76. The number of aromatic nitrogens is 3. The molecule has 12 heteroatoms. The van der Waals surface area contributed by atoms with Crippen LogP contribution in [0.3, 0.4) is 0 Å². The molecule has 2 amide bonds. The third-order valence-electron chi connectivity index (χ3n) is 4.80. The van der Waals surface area contributed by atoms with Gasteiger partial charge in [-0.2, -0.15) is 13.2 Å². The maximum Gasteiger partial charge on any atom is 0.405 e. The number of nitrogens with one attached hydrogen (secondary N) is 2. The van der Waals surface area contributed by atoms with E-state index < -0.39 is 30.4 Å². The summed E-state index contributed by atoms with van der Waals surface area (Å²) in [7, 11) is 0. The average molecular weight is 505 g/mol. The molecular weight excluding hydrogens is 482 g/mol. The second-order valence-corrected chi connectivity index (χ2v) is 7.62. The smallest absolute Gasteiger partial charge is 0.405 e. The summed E-state index contributed by atoms with van der Waals surface area (Å²) < 4.78 is 57.7. The number of allylic oxidation sites excluding steroid dienone is 1. The molecule has 0 aliphatic carbocycles. The maximum absolute atomic E-state index is 13.3. The largest absolute Gasteiger partial charge is 0.491 e. The van der Waals surface area contributed by atoms with Gasteiger partial charge in [0.15, 0.2) is 5.69 Å². The molecule has 0 atom stereocenters. The second-order valence-electron chi connectivity index (χ2n) is 7.62. The monoisotopic (exact) mass is 505 g/mol. The molecule has 0 saturated carbocycles. The number of rotatable bonds is 11. The third kappa shape index (κ3) is 7.65. The van der Waals surface area contributed by atoms with Crippen molar-refractivity contribution in [2.45, 2.75) is 25.6 Å². The number of unbranched alkanes of at least 4 members (excludes halogenated alkanes) is 1. The molecule has 2 N–H and O–H groups in total. The highest BCUT2D eigenvalue weighted by Crippen LogP contribution is 2.25. The van der Waals surface area contributed by atoms with Gasteiger partial charge in [-0.25, -0.2) is 9.07 Å². The van der Waals surface area contributed by atoms with Gasteiger partial charge in [0.2, 0.25) is 0 Å². The van der Waals surface area contributed by atoms with Crippen LogP contribution in [-0.2, 0) is 6.54 Å². The van der Waals surface area contributed by atoms with E-state index in [1.807, 2.05) is 5.32 Å². The van der Waals surface area contributed by atoms with Gasteiger partial charge in [0, 0.05) is 12.1 Å². The lowest BCUT2D eigenvalue weighted by Gasteiger charge is -2.13. The van der Waals surface area contributed by atoms with E-state index in [1.54, 1.807) is 12.1 Å². The molecule has 3 aromatic rings. The van der Waals surface area contributed by atoms with E-state index in [9.17, 15) is 27.2 Å². The molecule has 2 aromatic carbocycles. The lowest BCUT2D eigenvalue weighted by atomic mass is 10.1. The van der Waals surface area contributed by atoms with Gasteiger partial charge in [0.1, 0.15) is 23.8 Å². The SMILES string of the molecule is C=CCCCOc1cc(C(=O)NCC(F)(F)F)ccc1-n1cc(C(=O)NCc2cccc(F)c2)nn1. The number of carbonyl (C=O) groups is 2. The minimum atomic E-state index is -4.55. The molecule has 0 bridgehead atoms. The lowest BCUT2D eigenvalue weighted by Crippen LogP contribution is -2.33. The first kappa shape index (κ1) is 26.4. The fraction of sp³-hybridized carbons (Fsp3) is 0.250. The molecule has 0 fully saturated rings. The fourth-order valence-electron chi connectivity index (χ4n) is 3.06. The molecule has 36 heavy (non-hydrogen) atoms. The number of ether oxygens (including phenoxy) is 1. The molecule has 0 spiro atoms. The second kappa shape index (κ2) is 12.0. The lowest BCUT2D eigenvalue weighted by molar-refractivity contribution is -0.123. The van der Waals surface area contributed by atoms with Crippen molar-refractivity contribution < 1.29 is 31.9 Å². The summed E-state index contributed by atoms with van der Waals surface area (Å²) >= 11 is 0. The van der Waals surface area contributed by atoms with E-state index in [1.165, 1.54) is 47.3 Å². The number of alkyl halides is 3. The van der Waals surface area contributed by atoms with Crippen LogP contribution in [0.5, 0.6) is 5.75 Å². The minimum Gasteiger partial charge on any atom is -0.491 e. The van der Waals surface area contributed by atoms with Crippen molar-refractivity contribution in [3.63, 3.8) is 0 Å². The first-order chi connectivity index (χ1) is 17.2. The van der Waals surface area contributed by atoms with Crippen molar-refractivity contribution in [2.24, 2.45) is 0 Å². The normalized spacial score (nSPS) is 11.1. The Labute approximate surface area is 203 Å². The van der Waals surface area contributed by atoms with Crippen molar-refractivity contribution in [3.05, 3.63) is 84.0 Å². The zero-order chi connectivity index (χ0) is 26.1. The van der Waals surface area contributed by atoms with Gasteiger partial charge in [0.05, 0.1) is 12.8 Å². The van der Waals surface area contributed by atoms with Crippen LogP contribution in [0.2, 0.25) is 0 Å². The Morgan fingerprint density at radius 1 is 1.11 bits per heavy atom. The summed E-state index contributed by atoms with van der Waals surface area (Å²) in [5.74, 6) is -1.74. The molecule has 0 unspecified atom stereocenters. The zero-order valence-electron chi connectivity index (χ0n) is 19.0. The molecule has 3 rings (SSSR count). The number of amides is 2. The number of hydrogen-bond acceptors (Lipinski definition) is 5. The van der Waals surface area contributed by atoms with Gasteiger partial charge in [-0.05, 0) is 48.7 Å². The Hall–Kier alpha value is -4.22. The highest BCUT2D eigenvalue weighted by Gasteiger charge is 2.28. The van der Waals surface area contributed by atoms with E-state index in [4.69, 9.17) is 4.74 Å². The molecule has 190 valence electrons. The summed E-state index contributed by atoms with van der Waals surface area (Å²) in [5, 5.41) is 12.2. The summed E-state index contributed by atoms with van der Waals surface area (Å²) in [4.78, 5) is 24.6. The first-order valence-corrected chi connectivity index (χ1v) is 10.8. The molecule has 8 nitrogen and oxygen atoms in total. The quantitative estimate of drug-likeness (QED) is 0.234. The first-order valence-electron chi connectivity index (χ1n) is 10.8. The van der Waals surface area contributed by atoms with Crippen LogP contribution >= 0.6 is 0 Å². The predicted molar refractivity (Wildman–Crippen MR) is 122 cm³/mol. The van der Waals surface area contributed by atoms with Crippen molar-refractivity contribution in [2.75, 3.05) is 13.2 Å². The number of hydrogen-bond donors (Lipinski definition) is 2. The standard InChI is InChI=1S/C24H23F4N5O3/c1-2-3-4-10-36-21-12-17(22(34)30-15-24(26,27)28)8-9-20(21)33-14-19(31-32-33)23(35)29-13-16-6-5-7-18(25)11-16/h2,5-9,11-12,14H,1,3-4,10,13,15H2,(H,29,35)(H,30,34). The van der Waals surface area contributed by atoms with Gasteiger partial charge < -0.3 is 15.4 Å². The topological polar surface area (TPSA) is 98.1 Å². The minimum absolute atomic E-state index is 0.0315. The molecule has 1 heterocycles. The van der Waals surface area contributed by atoms with Gasteiger partial charge in [-0.3, -0.25) is 9.59 Å². The van der Waals surface area contributed by atoms with Crippen molar-refractivity contribution in [1.82, 2.24) is 25.6 Å². The van der Waals surface area contributed by atoms with E-state index >= 15 is 0 Å². The van der Waals surface area contributed by atoms with Crippen LogP contribution in [0.25, 0.3) is 5.69 Å².